The van der Waals surface area contributed by atoms with E-state index < -0.39 is 0 Å². The van der Waals surface area contributed by atoms with Crippen LogP contribution in [-0.4, -0.2) is 50.4 Å². The Hall–Kier alpha value is -1.21. The molecular formula is C12H22N4O2. The van der Waals surface area contributed by atoms with Crippen LogP contribution in [0.2, 0.25) is 0 Å². The summed E-state index contributed by atoms with van der Waals surface area (Å²) in [5.74, 6) is 5.38. The molecular weight excluding hydrogens is 232 g/mol. The van der Waals surface area contributed by atoms with Crippen molar-refractivity contribution in [3.8, 4) is 0 Å². The lowest BCUT2D eigenvalue weighted by Crippen LogP contribution is -2.30. The zero-order valence-corrected chi connectivity index (χ0v) is 11.1. The number of hydrogen-bond acceptors (Lipinski definition) is 6. The predicted molar refractivity (Wildman–Crippen MR) is 71.1 cm³/mol. The second-order valence-electron chi connectivity index (χ2n) is 3.94. The van der Waals surface area contributed by atoms with Crippen molar-refractivity contribution in [3.63, 3.8) is 0 Å². The summed E-state index contributed by atoms with van der Waals surface area (Å²) in [6.07, 6.45) is 1.75. The fourth-order valence-electron chi connectivity index (χ4n) is 1.59. The van der Waals surface area contributed by atoms with Gasteiger partial charge in [-0.1, -0.05) is 0 Å². The Morgan fingerprint density at radius 2 is 1.94 bits per heavy atom. The number of methoxy groups -OCH3 is 2. The lowest BCUT2D eigenvalue weighted by atomic mass is 10.3. The highest BCUT2D eigenvalue weighted by Crippen LogP contribution is 2.08. The molecule has 1 aromatic rings. The van der Waals surface area contributed by atoms with Crippen LogP contribution in [0, 0.1) is 0 Å². The van der Waals surface area contributed by atoms with Crippen molar-refractivity contribution in [3.05, 3.63) is 24.0 Å². The van der Waals surface area contributed by atoms with Crippen molar-refractivity contribution in [1.82, 2.24) is 9.88 Å². The lowest BCUT2D eigenvalue weighted by Gasteiger charge is -2.21. The molecule has 1 aromatic heterocycles. The van der Waals surface area contributed by atoms with Crippen LogP contribution < -0.4 is 11.3 Å². The fourth-order valence-corrected chi connectivity index (χ4v) is 1.59. The highest BCUT2D eigenvalue weighted by molar-refractivity contribution is 5.41. The molecule has 0 saturated carbocycles. The molecule has 0 aromatic carbocycles. The van der Waals surface area contributed by atoms with Crippen molar-refractivity contribution in [2.24, 2.45) is 5.84 Å². The van der Waals surface area contributed by atoms with Gasteiger partial charge in [-0.2, -0.15) is 0 Å². The molecule has 0 aliphatic carbocycles. The van der Waals surface area contributed by atoms with Crippen LogP contribution in [0.5, 0.6) is 0 Å². The molecule has 0 fully saturated rings. The van der Waals surface area contributed by atoms with Gasteiger partial charge in [-0.15, -0.1) is 0 Å². The van der Waals surface area contributed by atoms with Gasteiger partial charge in [-0.3, -0.25) is 15.7 Å². The molecule has 0 radical (unpaired) electrons. The highest BCUT2D eigenvalue weighted by atomic mass is 16.5. The zero-order valence-electron chi connectivity index (χ0n) is 11.1. The minimum atomic E-state index is 0.693. The summed E-state index contributed by atoms with van der Waals surface area (Å²) in [6.45, 7) is 3.84. The molecule has 1 heterocycles. The van der Waals surface area contributed by atoms with Crippen LogP contribution >= 0.6 is 0 Å². The Kier molecular flexibility index (Phi) is 7.28. The van der Waals surface area contributed by atoms with Gasteiger partial charge in [0.25, 0.3) is 0 Å². The van der Waals surface area contributed by atoms with Crippen LogP contribution in [-0.2, 0) is 16.0 Å². The monoisotopic (exact) mass is 254 g/mol. The maximum Gasteiger partial charge on any atom is 0.0589 e. The van der Waals surface area contributed by atoms with Gasteiger partial charge in [0.2, 0.25) is 0 Å². The van der Waals surface area contributed by atoms with Gasteiger partial charge < -0.3 is 14.9 Å². The van der Waals surface area contributed by atoms with Gasteiger partial charge >= 0.3 is 0 Å². The second-order valence-corrected chi connectivity index (χ2v) is 3.94. The largest absolute Gasteiger partial charge is 0.383 e. The first-order valence-electron chi connectivity index (χ1n) is 5.92. The second kappa shape index (κ2) is 8.82. The van der Waals surface area contributed by atoms with Gasteiger partial charge in [-0.25, -0.2) is 0 Å². The number of aromatic nitrogens is 1. The number of nitrogens with zero attached hydrogens (tertiary/aromatic N) is 2. The quantitative estimate of drug-likeness (QED) is 0.493. The van der Waals surface area contributed by atoms with Gasteiger partial charge in [0, 0.05) is 40.1 Å². The van der Waals surface area contributed by atoms with E-state index in [1.54, 1.807) is 20.4 Å². The van der Waals surface area contributed by atoms with Gasteiger partial charge in [0.15, 0.2) is 0 Å². The summed E-state index contributed by atoms with van der Waals surface area (Å²) < 4.78 is 10.2. The summed E-state index contributed by atoms with van der Waals surface area (Å²) in [5, 5.41) is 0. The van der Waals surface area contributed by atoms with E-state index in [0.29, 0.717) is 13.2 Å². The predicted octanol–water partition coefficient (Wildman–Crippen LogP) is 0.462. The molecule has 18 heavy (non-hydrogen) atoms. The molecule has 0 atom stereocenters. The molecule has 0 aliphatic rings. The first-order chi connectivity index (χ1) is 8.80. The molecule has 0 saturated heterocycles. The topological polar surface area (TPSA) is 72.6 Å². The average molecular weight is 254 g/mol. The smallest absolute Gasteiger partial charge is 0.0589 e. The maximum atomic E-state index is 5.38. The fraction of sp³-hybridized carbons (Fsp3) is 0.583. The van der Waals surface area contributed by atoms with Crippen molar-refractivity contribution in [2.45, 2.75) is 6.54 Å². The first kappa shape index (κ1) is 14.8. The van der Waals surface area contributed by atoms with Gasteiger partial charge in [0.1, 0.15) is 0 Å². The van der Waals surface area contributed by atoms with Gasteiger partial charge in [-0.05, 0) is 12.1 Å². The summed E-state index contributed by atoms with van der Waals surface area (Å²) in [7, 11) is 3.40. The molecule has 6 heteroatoms. The number of hydrogen-bond donors (Lipinski definition) is 2. The maximum absolute atomic E-state index is 5.38. The molecule has 3 N–H and O–H groups in total. The summed E-state index contributed by atoms with van der Waals surface area (Å²) in [6, 6.07) is 3.77. The molecule has 1 rings (SSSR count). The lowest BCUT2D eigenvalue weighted by molar-refractivity contribution is 0.109. The molecule has 0 amide bonds. The van der Waals surface area contributed by atoms with E-state index in [1.807, 2.05) is 12.1 Å². The zero-order chi connectivity index (χ0) is 13.2. The van der Waals surface area contributed by atoms with Crippen LogP contribution in [0.1, 0.15) is 5.69 Å². The molecule has 6 nitrogen and oxygen atoms in total. The van der Waals surface area contributed by atoms with Crippen LogP contribution in [0.3, 0.4) is 0 Å². The summed E-state index contributed by atoms with van der Waals surface area (Å²) in [5.41, 5.74) is 4.45. The minimum absolute atomic E-state index is 0.693. The van der Waals surface area contributed by atoms with Crippen molar-refractivity contribution >= 4 is 5.69 Å². The number of hydrazine groups is 1. The Balaban J connectivity index is 2.56. The van der Waals surface area contributed by atoms with E-state index >= 15 is 0 Å². The molecule has 102 valence electrons. The van der Waals surface area contributed by atoms with Crippen molar-refractivity contribution in [2.75, 3.05) is 45.9 Å². The van der Waals surface area contributed by atoms with Crippen LogP contribution in [0.25, 0.3) is 0 Å². The number of anilines is 1. The third-order valence-corrected chi connectivity index (χ3v) is 2.59. The molecule has 0 bridgehead atoms. The molecule has 0 aliphatic heterocycles. The summed E-state index contributed by atoms with van der Waals surface area (Å²) in [4.78, 5) is 6.56. The Morgan fingerprint density at radius 3 is 2.50 bits per heavy atom. The normalized spacial score (nSPS) is 10.9. The number of rotatable bonds is 9. The van der Waals surface area contributed by atoms with E-state index in [9.17, 15) is 0 Å². The van der Waals surface area contributed by atoms with Gasteiger partial charge in [0.05, 0.1) is 24.6 Å². The van der Waals surface area contributed by atoms with Crippen LogP contribution in [0.15, 0.2) is 18.3 Å². The van der Waals surface area contributed by atoms with Crippen molar-refractivity contribution < 1.29 is 9.47 Å². The first-order valence-corrected chi connectivity index (χ1v) is 5.92. The van der Waals surface area contributed by atoms with E-state index in [0.717, 1.165) is 31.0 Å². The Bertz CT molecular complexity index is 328. The van der Waals surface area contributed by atoms with E-state index in [-0.39, 0.29) is 0 Å². The van der Waals surface area contributed by atoms with E-state index in [2.05, 4.69) is 15.3 Å². The number of ether oxygens (including phenoxy) is 2. The van der Waals surface area contributed by atoms with Crippen molar-refractivity contribution in [1.29, 1.82) is 0 Å². The molecule has 0 spiro atoms. The number of nitrogens with two attached hydrogens (primary N) is 1. The number of nitrogen functional groups attached to an aromatic ring is 1. The van der Waals surface area contributed by atoms with E-state index in [4.69, 9.17) is 15.3 Å². The van der Waals surface area contributed by atoms with E-state index in [1.165, 1.54) is 0 Å². The summed E-state index contributed by atoms with van der Waals surface area (Å²) >= 11 is 0. The highest BCUT2D eigenvalue weighted by Gasteiger charge is 2.07. The Morgan fingerprint density at radius 1 is 1.28 bits per heavy atom. The minimum Gasteiger partial charge on any atom is -0.383 e. The van der Waals surface area contributed by atoms with Crippen LogP contribution in [0.4, 0.5) is 5.69 Å². The Labute approximate surface area is 108 Å². The number of pyridine rings is 1. The average Bonchev–Trinajstić information content (AvgIpc) is 2.42. The third kappa shape index (κ3) is 5.42. The third-order valence-electron chi connectivity index (χ3n) is 2.59. The standard InChI is InChI=1S/C12H22N4O2/c1-17-7-5-16(6-8-18-2)10-12-9-11(15-13)3-4-14-12/h3-4,9H,5-8,10,13H2,1-2H3,(H,14,15). The SMILES string of the molecule is COCCN(CCOC)Cc1cc(NN)ccn1. The molecule has 0 unspecified atom stereocenters. The number of nitrogens with one attached hydrogen (secondary N) is 1.